The van der Waals surface area contributed by atoms with Crippen LogP contribution in [0.4, 0.5) is 0 Å². The maximum absolute atomic E-state index is 11.2. The third kappa shape index (κ3) is 5.72. The number of aromatic nitrogens is 1. The van der Waals surface area contributed by atoms with E-state index >= 15 is 0 Å². The minimum atomic E-state index is -3.16. The van der Waals surface area contributed by atoms with Crippen LogP contribution in [0.2, 0.25) is 0 Å². The van der Waals surface area contributed by atoms with E-state index in [4.69, 9.17) is 9.47 Å². The molecule has 140 valence electrons. The van der Waals surface area contributed by atoms with Gasteiger partial charge in [0.05, 0.1) is 18.6 Å². The van der Waals surface area contributed by atoms with Crippen LogP contribution in [0.15, 0.2) is 18.2 Å². The van der Waals surface area contributed by atoms with Crippen LogP contribution in [0.3, 0.4) is 0 Å². The summed E-state index contributed by atoms with van der Waals surface area (Å²) in [6.45, 7) is 4.56. The fourth-order valence-electron chi connectivity index (χ4n) is 3.41. The average molecular weight is 369 g/mol. The van der Waals surface area contributed by atoms with Crippen molar-refractivity contribution >= 4 is 10.0 Å². The van der Waals surface area contributed by atoms with Gasteiger partial charge >= 0.3 is 0 Å². The highest BCUT2D eigenvalue weighted by Crippen LogP contribution is 2.25. The zero-order valence-corrected chi connectivity index (χ0v) is 15.5. The fraction of sp³-hybridized carbons (Fsp3) is 0.706. The Balaban J connectivity index is 1.59. The summed E-state index contributed by atoms with van der Waals surface area (Å²) in [6.07, 6.45) is 3.86. The van der Waals surface area contributed by atoms with Gasteiger partial charge in [0, 0.05) is 51.0 Å². The fourth-order valence-corrected chi connectivity index (χ4v) is 3.88. The second-order valence-corrected chi connectivity index (χ2v) is 8.50. The first kappa shape index (κ1) is 18.7. The predicted octanol–water partition coefficient (Wildman–Crippen LogP) is 0.726. The largest absolute Gasteiger partial charge is 0.381 e. The molecule has 2 aliphatic heterocycles. The van der Waals surface area contributed by atoms with Gasteiger partial charge in [-0.25, -0.2) is 13.1 Å². The van der Waals surface area contributed by atoms with Gasteiger partial charge in [-0.2, -0.15) is 0 Å². The van der Waals surface area contributed by atoms with Crippen LogP contribution in [0.5, 0.6) is 0 Å². The van der Waals surface area contributed by atoms with Gasteiger partial charge in [0.1, 0.15) is 6.10 Å². The third-order valence-electron chi connectivity index (χ3n) is 4.71. The van der Waals surface area contributed by atoms with Crippen LogP contribution < -0.4 is 4.72 Å². The summed E-state index contributed by atoms with van der Waals surface area (Å²) < 4.78 is 36.2. The molecule has 2 fully saturated rings. The zero-order valence-electron chi connectivity index (χ0n) is 14.7. The van der Waals surface area contributed by atoms with Crippen molar-refractivity contribution in [1.29, 1.82) is 0 Å². The molecule has 8 heteroatoms. The summed E-state index contributed by atoms with van der Waals surface area (Å²) in [4.78, 5) is 7.18. The van der Waals surface area contributed by atoms with Gasteiger partial charge in [-0.15, -0.1) is 0 Å². The predicted molar refractivity (Wildman–Crippen MR) is 94.9 cm³/mol. The van der Waals surface area contributed by atoms with Gasteiger partial charge in [-0.1, -0.05) is 6.07 Å². The summed E-state index contributed by atoms with van der Waals surface area (Å²) in [5.41, 5.74) is 1.80. The van der Waals surface area contributed by atoms with Crippen molar-refractivity contribution < 1.29 is 17.9 Å². The summed E-state index contributed by atoms with van der Waals surface area (Å²) >= 11 is 0. The average Bonchev–Trinajstić information content (AvgIpc) is 2.62. The highest BCUT2D eigenvalue weighted by atomic mass is 32.2. The van der Waals surface area contributed by atoms with Crippen molar-refractivity contribution in [2.75, 3.05) is 45.7 Å². The number of nitrogens with one attached hydrogen (secondary N) is 1. The van der Waals surface area contributed by atoms with Crippen molar-refractivity contribution in [3.8, 4) is 0 Å². The Hall–Kier alpha value is -1.06. The molecule has 0 amide bonds. The lowest BCUT2D eigenvalue weighted by atomic mass is 10.0. The van der Waals surface area contributed by atoms with Crippen molar-refractivity contribution in [3.05, 3.63) is 29.6 Å². The maximum Gasteiger partial charge on any atom is 0.208 e. The molecule has 0 bridgehead atoms. The van der Waals surface area contributed by atoms with Gasteiger partial charge in [-0.3, -0.25) is 9.88 Å². The first-order valence-corrected chi connectivity index (χ1v) is 10.7. The maximum atomic E-state index is 11.2. The first-order chi connectivity index (χ1) is 12.0. The number of hydrogen-bond donors (Lipinski definition) is 1. The van der Waals surface area contributed by atoms with Gasteiger partial charge in [0.15, 0.2) is 0 Å². The molecule has 1 aromatic rings. The van der Waals surface area contributed by atoms with Gasteiger partial charge in [0.2, 0.25) is 10.0 Å². The number of morpholine rings is 1. The second kappa shape index (κ2) is 8.55. The number of pyridine rings is 1. The lowest BCUT2D eigenvalue weighted by Crippen LogP contribution is -2.47. The zero-order chi connectivity index (χ0) is 17.7. The molecule has 2 saturated heterocycles. The molecule has 7 nitrogen and oxygen atoms in total. The van der Waals surface area contributed by atoms with Crippen LogP contribution in [-0.4, -0.2) is 70.1 Å². The van der Waals surface area contributed by atoms with Gasteiger partial charge in [-0.05, 0) is 25.0 Å². The minimum absolute atomic E-state index is 0.0283. The molecule has 25 heavy (non-hydrogen) atoms. The van der Waals surface area contributed by atoms with E-state index in [-0.39, 0.29) is 6.10 Å². The molecule has 3 rings (SSSR count). The summed E-state index contributed by atoms with van der Waals surface area (Å²) in [5.74, 6) is 0. The van der Waals surface area contributed by atoms with Crippen LogP contribution in [-0.2, 0) is 25.9 Å². The Morgan fingerprint density at radius 2 is 2.08 bits per heavy atom. The highest BCUT2D eigenvalue weighted by Gasteiger charge is 2.29. The summed E-state index contributed by atoms with van der Waals surface area (Å²) in [6, 6.07) is 6.45. The van der Waals surface area contributed by atoms with Crippen molar-refractivity contribution in [2.45, 2.75) is 31.4 Å². The molecule has 0 aromatic carbocycles. The van der Waals surface area contributed by atoms with Gasteiger partial charge in [0.25, 0.3) is 0 Å². The van der Waals surface area contributed by atoms with Crippen molar-refractivity contribution in [3.63, 3.8) is 0 Å². The van der Waals surface area contributed by atoms with Crippen LogP contribution in [0.1, 0.15) is 30.3 Å². The van der Waals surface area contributed by atoms with E-state index in [9.17, 15) is 8.42 Å². The van der Waals surface area contributed by atoms with E-state index < -0.39 is 10.0 Å². The standard InChI is InChI=1S/C17H27N3O4S/c1-25(21,22)18-8-5-14-3-2-4-16(19-14)17-13-20(9-12-24-17)15-6-10-23-11-7-15/h2-4,15,17-18H,5-13H2,1H3. The molecule has 0 radical (unpaired) electrons. The molecule has 1 atom stereocenters. The normalized spacial score (nSPS) is 23.6. The summed E-state index contributed by atoms with van der Waals surface area (Å²) in [5, 5.41) is 0. The molecule has 3 heterocycles. The van der Waals surface area contributed by atoms with Crippen LogP contribution in [0.25, 0.3) is 0 Å². The summed E-state index contributed by atoms with van der Waals surface area (Å²) in [7, 11) is -3.16. The van der Waals surface area contributed by atoms with E-state index in [0.717, 1.165) is 56.8 Å². The van der Waals surface area contributed by atoms with E-state index in [1.807, 2.05) is 18.2 Å². The number of hydrogen-bond acceptors (Lipinski definition) is 6. The molecule has 2 aliphatic rings. The molecule has 1 N–H and O–H groups in total. The monoisotopic (exact) mass is 369 g/mol. The Bertz CT molecular complexity index is 662. The highest BCUT2D eigenvalue weighted by molar-refractivity contribution is 7.88. The SMILES string of the molecule is CS(=O)(=O)NCCc1cccc(C2CN(C3CCOCC3)CCO2)n1. The second-order valence-electron chi connectivity index (χ2n) is 6.67. The molecule has 0 spiro atoms. The lowest BCUT2D eigenvalue weighted by molar-refractivity contribution is -0.0647. The van der Waals surface area contributed by atoms with E-state index in [1.165, 1.54) is 0 Å². The number of ether oxygens (including phenoxy) is 2. The third-order valence-corrected chi connectivity index (χ3v) is 5.44. The molecular formula is C17H27N3O4S. The van der Waals surface area contributed by atoms with E-state index in [2.05, 4.69) is 14.6 Å². The number of sulfonamides is 1. The smallest absolute Gasteiger partial charge is 0.208 e. The topological polar surface area (TPSA) is 80.8 Å². The van der Waals surface area contributed by atoms with Gasteiger partial charge < -0.3 is 9.47 Å². The number of nitrogens with zero attached hydrogens (tertiary/aromatic N) is 2. The first-order valence-electron chi connectivity index (χ1n) is 8.85. The van der Waals surface area contributed by atoms with Crippen LogP contribution in [0, 0.1) is 0 Å². The quantitative estimate of drug-likeness (QED) is 0.796. The van der Waals surface area contributed by atoms with Crippen molar-refractivity contribution in [1.82, 2.24) is 14.6 Å². The van der Waals surface area contributed by atoms with Crippen molar-refractivity contribution in [2.24, 2.45) is 0 Å². The molecular weight excluding hydrogens is 342 g/mol. The Morgan fingerprint density at radius 1 is 1.28 bits per heavy atom. The minimum Gasteiger partial charge on any atom is -0.381 e. The number of rotatable bonds is 6. The van der Waals surface area contributed by atoms with E-state index in [0.29, 0.717) is 25.6 Å². The lowest BCUT2D eigenvalue weighted by Gasteiger charge is -2.39. The molecule has 1 aromatic heterocycles. The Morgan fingerprint density at radius 3 is 2.84 bits per heavy atom. The Kier molecular flexibility index (Phi) is 6.40. The molecule has 0 aliphatic carbocycles. The molecule has 0 saturated carbocycles. The van der Waals surface area contributed by atoms with Crippen LogP contribution >= 0.6 is 0 Å². The molecule has 1 unspecified atom stereocenters. The van der Waals surface area contributed by atoms with E-state index in [1.54, 1.807) is 0 Å². The Labute approximate surface area is 149 Å².